The molecule has 0 fully saturated rings. The van der Waals surface area contributed by atoms with Crippen molar-refractivity contribution in [3.8, 4) is 10.9 Å². The van der Waals surface area contributed by atoms with E-state index < -0.39 is 5.97 Å². The van der Waals surface area contributed by atoms with Crippen LogP contribution in [0.2, 0.25) is 0 Å². The number of aryl methyl sites for hydroxylation is 1. The average molecular weight is 242 g/mol. The highest BCUT2D eigenvalue weighted by molar-refractivity contribution is 7.12. The van der Waals surface area contributed by atoms with Crippen molar-refractivity contribution in [2.75, 3.05) is 0 Å². The number of aromatic carboxylic acids is 1. The van der Waals surface area contributed by atoms with Gasteiger partial charge in [0.25, 0.3) is 5.19 Å². The second kappa shape index (κ2) is 3.95. The molecule has 0 radical (unpaired) electrons. The topological polar surface area (TPSA) is 72.3 Å². The lowest BCUT2D eigenvalue weighted by atomic mass is 10.4. The molecule has 0 bridgehead atoms. The predicted octanol–water partition coefficient (Wildman–Crippen LogP) is 2.40. The summed E-state index contributed by atoms with van der Waals surface area (Å²) in [6.07, 6.45) is 0. The molecule has 7 heteroatoms. The molecule has 0 aromatic carbocycles. The van der Waals surface area contributed by atoms with Crippen LogP contribution in [0, 0.1) is 6.92 Å². The van der Waals surface area contributed by atoms with Crippen LogP contribution in [0.5, 0.6) is 10.9 Å². The molecular weight excluding hydrogens is 236 g/mol. The summed E-state index contributed by atoms with van der Waals surface area (Å²) in [5.74, 6) is 0.167. The van der Waals surface area contributed by atoms with Gasteiger partial charge in [0.2, 0.25) is 0 Å². The highest BCUT2D eigenvalue weighted by atomic mass is 32.1. The molecule has 0 unspecified atom stereocenters. The minimum Gasteiger partial charge on any atom is -0.477 e. The molecule has 0 atom stereocenters. The monoisotopic (exact) mass is 242 g/mol. The Morgan fingerprint density at radius 3 is 2.93 bits per heavy atom. The maximum absolute atomic E-state index is 10.6. The largest absolute Gasteiger partial charge is 0.477 e. The zero-order valence-corrected chi connectivity index (χ0v) is 9.26. The summed E-state index contributed by atoms with van der Waals surface area (Å²) in [4.78, 5) is 14.8. The zero-order valence-electron chi connectivity index (χ0n) is 7.63. The third-order valence-corrected chi connectivity index (χ3v) is 3.08. The molecule has 0 aliphatic heterocycles. The van der Waals surface area contributed by atoms with E-state index in [0.29, 0.717) is 16.8 Å². The van der Waals surface area contributed by atoms with Gasteiger partial charge in [0.15, 0.2) is 0 Å². The second-order valence-electron chi connectivity index (χ2n) is 2.66. The lowest BCUT2D eigenvalue weighted by Crippen LogP contribution is -1.90. The number of hydrogen-bond acceptors (Lipinski definition) is 6. The molecule has 2 heterocycles. The van der Waals surface area contributed by atoms with Crippen molar-refractivity contribution in [1.29, 1.82) is 0 Å². The first-order valence-electron chi connectivity index (χ1n) is 3.95. The van der Waals surface area contributed by atoms with Gasteiger partial charge in [-0.05, 0) is 6.92 Å². The third kappa shape index (κ3) is 2.31. The van der Waals surface area contributed by atoms with Crippen molar-refractivity contribution in [2.24, 2.45) is 0 Å². The van der Waals surface area contributed by atoms with Gasteiger partial charge in [0, 0.05) is 23.0 Å². The Labute approximate surface area is 93.1 Å². The first kappa shape index (κ1) is 10.1. The number of hydrogen-bond donors (Lipinski definition) is 1. The number of carboxylic acids is 1. The van der Waals surface area contributed by atoms with Gasteiger partial charge in [0.1, 0.15) is 16.5 Å². The van der Waals surface area contributed by atoms with Gasteiger partial charge in [-0.1, -0.05) is 0 Å². The minimum absolute atomic E-state index is 0.242. The lowest BCUT2D eigenvalue weighted by Gasteiger charge is -1.94. The number of rotatable bonds is 3. The Kier molecular flexibility index (Phi) is 2.65. The summed E-state index contributed by atoms with van der Waals surface area (Å²) >= 11 is 2.25. The summed E-state index contributed by atoms with van der Waals surface area (Å²) in [6, 6.07) is 1.46. The van der Waals surface area contributed by atoms with Crippen LogP contribution in [0.1, 0.15) is 15.5 Å². The minimum atomic E-state index is -0.955. The van der Waals surface area contributed by atoms with Gasteiger partial charge in [-0.2, -0.15) is 9.36 Å². The van der Waals surface area contributed by atoms with Crippen molar-refractivity contribution < 1.29 is 14.6 Å². The molecule has 0 amide bonds. The van der Waals surface area contributed by atoms with E-state index >= 15 is 0 Å². The molecule has 0 aliphatic carbocycles. The third-order valence-electron chi connectivity index (χ3n) is 1.50. The molecule has 78 valence electrons. The molecule has 0 aliphatic rings. The van der Waals surface area contributed by atoms with E-state index in [2.05, 4.69) is 9.36 Å². The summed E-state index contributed by atoms with van der Waals surface area (Å²) in [7, 11) is 0. The van der Waals surface area contributed by atoms with E-state index in [0.717, 1.165) is 22.9 Å². The molecule has 2 aromatic rings. The molecular formula is C8H6N2O3S2. The molecule has 2 rings (SSSR count). The van der Waals surface area contributed by atoms with E-state index in [1.807, 2.05) is 0 Å². The Hall–Kier alpha value is -1.47. The van der Waals surface area contributed by atoms with E-state index in [1.54, 1.807) is 12.3 Å². The molecule has 1 N–H and O–H groups in total. The Morgan fingerprint density at radius 2 is 2.40 bits per heavy atom. The summed E-state index contributed by atoms with van der Waals surface area (Å²) in [5.41, 5.74) is 0. The number of carbonyl (C=O) groups is 1. The number of ether oxygens (including phenoxy) is 1. The van der Waals surface area contributed by atoms with Gasteiger partial charge in [-0.3, -0.25) is 0 Å². The van der Waals surface area contributed by atoms with Crippen LogP contribution in [0.25, 0.3) is 0 Å². The maximum Gasteiger partial charge on any atom is 0.346 e. The first-order chi connectivity index (χ1) is 7.15. The molecule has 0 spiro atoms. The van der Waals surface area contributed by atoms with E-state index in [4.69, 9.17) is 9.84 Å². The van der Waals surface area contributed by atoms with Crippen molar-refractivity contribution in [3.63, 3.8) is 0 Å². The highest BCUT2D eigenvalue weighted by Gasteiger charge is 2.09. The lowest BCUT2D eigenvalue weighted by molar-refractivity contribution is 0.0702. The fourth-order valence-corrected chi connectivity index (χ4v) is 2.11. The van der Waals surface area contributed by atoms with Crippen LogP contribution in [0.3, 0.4) is 0 Å². The molecule has 15 heavy (non-hydrogen) atoms. The van der Waals surface area contributed by atoms with Crippen LogP contribution in [-0.4, -0.2) is 20.4 Å². The summed E-state index contributed by atoms with van der Waals surface area (Å²) in [5, 5.41) is 10.7. The zero-order chi connectivity index (χ0) is 10.8. The van der Waals surface area contributed by atoms with Crippen LogP contribution < -0.4 is 4.74 Å². The number of carboxylic acid groups (broad SMARTS) is 1. The molecule has 0 saturated heterocycles. The quantitative estimate of drug-likeness (QED) is 0.894. The maximum atomic E-state index is 10.6. The van der Waals surface area contributed by atoms with Crippen molar-refractivity contribution in [2.45, 2.75) is 6.92 Å². The summed E-state index contributed by atoms with van der Waals surface area (Å²) in [6.45, 7) is 1.76. The van der Waals surface area contributed by atoms with E-state index in [-0.39, 0.29) is 4.88 Å². The van der Waals surface area contributed by atoms with Gasteiger partial charge in [0.05, 0.1) is 0 Å². The normalized spacial score (nSPS) is 10.2. The first-order valence-corrected chi connectivity index (χ1v) is 5.60. The van der Waals surface area contributed by atoms with Crippen LogP contribution in [-0.2, 0) is 0 Å². The van der Waals surface area contributed by atoms with Crippen LogP contribution in [0.15, 0.2) is 11.4 Å². The van der Waals surface area contributed by atoms with Crippen LogP contribution >= 0.6 is 22.9 Å². The summed E-state index contributed by atoms with van der Waals surface area (Å²) < 4.78 is 9.27. The molecule has 0 saturated carbocycles. The smallest absolute Gasteiger partial charge is 0.346 e. The van der Waals surface area contributed by atoms with Gasteiger partial charge >= 0.3 is 5.97 Å². The van der Waals surface area contributed by atoms with Gasteiger partial charge in [-0.25, -0.2) is 4.79 Å². The van der Waals surface area contributed by atoms with Crippen molar-refractivity contribution in [1.82, 2.24) is 9.36 Å². The highest BCUT2D eigenvalue weighted by Crippen LogP contribution is 2.27. The van der Waals surface area contributed by atoms with Crippen molar-refractivity contribution >= 4 is 28.8 Å². The fraction of sp³-hybridized carbons (Fsp3) is 0.125. The van der Waals surface area contributed by atoms with E-state index in [1.165, 1.54) is 6.07 Å². The molecule has 5 nitrogen and oxygen atoms in total. The number of nitrogens with zero attached hydrogens (tertiary/aromatic N) is 2. The van der Waals surface area contributed by atoms with Gasteiger partial charge < -0.3 is 9.84 Å². The Morgan fingerprint density at radius 1 is 1.60 bits per heavy atom. The average Bonchev–Trinajstić information content (AvgIpc) is 2.76. The van der Waals surface area contributed by atoms with Gasteiger partial charge in [-0.15, -0.1) is 11.3 Å². The Balaban J connectivity index is 2.14. The Bertz CT molecular complexity index is 492. The number of thiophene rings is 1. The second-order valence-corrected chi connectivity index (χ2v) is 4.29. The molecule has 2 aromatic heterocycles. The number of aromatic nitrogens is 2. The fourth-order valence-electron chi connectivity index (χ4n) is 0.905. The van der Waals surface area contributed by atoms with Crippen LogP contribution in [0.4, 0.5) is 0 Å². The SMILES string of the molecule is Cc1nsc(Oc2csc(C(=O)O)c2)n1. The standard InChI is InChI=1S/C8H6N2O3S2/c1-4-9-8(15-10-4)13-5-2-6(7(11)12)14-3-5/h2-3H,1H3,(H,11,12). The van der Waals surface area contributed by atoms with Crippen molar-refractivity contribution in [3.05, 3.63) is 22.1 Å². The predicted molar refractivity (Wildman–Crippen MR) is 56.0 cm³/mol. The van der Waals surface area contributed by atoms with E-state index in [9.17, 15) is 4.79 Å².